The van der Waals surface area contributed by atoms with Crippen LogP contribution in [0.5, 0.6) is 5.75 Å². The van der Waals surface area contributed by atoms with Crippen molar-refractivity contribution in [2.24, 2.45) is 0 Å². The van der Waals surface area contributed by atoms with E-state index in [1.807, 2.05) is 24.3 Å². The summed E-state index contributed by atoms with van der Waals surface area (Å²) in [5.41, 5.74) is 1.11. The number of hydrogen-bond acceptors (Lipinski definition) is 1. The van der Waals surface area contributed by atoms with Gasteiger partial charge < -0.3 is 4.74 Å². The second-order valence-electron chi connectivity index (χ2n) is 1.98. The van der Waals surface area contributed by atoms with Crippen LogP contribution in [-0.4, -0.2) is 36.7 Å². The zero-order valence-corrected chi connectivity index (χ0v) is 9.00. The summed E-state index contributed by atoms with van der Waals surface area (Å²) in [6.07, 6.45) is 1.80. The number of methoxy groups -OCH3 is 1. The van der Waals surface area contributed by atoms with E-state index in [0.717, 1.165) is 11.3 Å². The van der Waals surface area contributed by atoms with E-state index in [2.05, 4.69) is 6.58 Å². The molecule has 0 fully saturated rings. The average Bonchev–Trinajstić information content (AvgIpc) is 2.05. The van der Waals surface area contributed by atoms with E-state index >= 15 is 0 Å². The van der Waals surface area contributed by atoms with Crippen molar-refractivity contribution in [3.63, 3.8) is 0 Å². The van der Waals surface area contributed by atoms with Crippen molar-refractivity contribution in [1.82, 2.24) is 0 Å². The summed E-state index contributed by atoms with van der Waals surface area (Å²) in [5, 5.41) is 0. The van der Waals surface area contributed by atoms with Crippen LogP contribution in [0.15, 0.2) is 30.8 Å². The number of ether oxygens (including phenoxy) is 1. The smallest absolute Gasteiger partial charge is 0.118 e. The molecule has 0 amide bonds. The van der Waals surface area contributed by atoms with E-state index in [1.165, 1.54) is 0 Å². The van der Waals surface area contributed by atoms with E-state index in [1.54, 1.807) is 13.2 Å². The molecule has 1 aromatic rings. The van der Waals surface area contributed by atoms with Gasteiger partial charge in [-0.3, -0.25) is 0 Å². The molecule has 0 aromatic heterocycles. The van der Waals surface area contributed by atoms with Crippen molar-refractivity contribution in [2.75, 3.05) is 7.11 Å². The Morgan fingerprint density at radius 3 is 2.18 bits per heavy atom. The van der Waals surface area contributed by atoms with Gasteiger partial charge in [-0.15, -0.1) is 0 Å². The monoisotopic (exact) mass is 157 g/mol. The van der Waals surface area contributed by atoms with Crippen molar-refractivity contribution in [3.05, 3.63) is 36.4 Å². The van der Waals surface area contributed by atoms with Gasteiger partial charge >= 0.3 is 0 Å². The van der Waals surface area contributed by atoms with Gasteiger partial charge in [-0.25, -0.2) is 0 Å². The predicted octanol–water partition coefficient (Wildman–Crippen LogP) is 1.96. The Bertz CT molecular complexity index is 216. The van der Waals surface area contributed by atoms with E-state index in [4.69, 9.17) is 4.74 Å². The molecule has 0 N–H and O–H groups in total. The Labute approximate surface area is 89.4 Å². The quantitative estimate of drug-likeness (QED) is 0.596. The van der Waals surface area contributed by atoms with Crippen molar-refractivity contribution < 1.29 is 4.74 Å². The van der Waals surface area contributed by atoms with E-state index in [0.29, 0.717) is 0 Å². The summed E-state index contributed by atoms with van der Waals surface area (Å²) >= 11 is 0. The molecule has 0 spiro atoms. The first-order chi connectivity index (χ1) is 4.86. The zero-order chi connectivity index (χ0) is 7.40. The van der Waals surface area contributed by atoms with Gasteiger partial charge in [0.1, 0.15) is 5.75 Å². The second kappa shape index (κ2) is 5.42. The van der Waals surface area contributed by atoms with E-state index < -0.39 is 0 Å². The van der Waals surface area contributed by atoms with Crippen molar-refractivity contribution in [3.8, 4) is 5.75 Å². The summed E-state index contributed by atoms with van der Waals surface area (Å²) in [6.45, 7) is 3.65. The average molecular weight is 157 g/mol. The maximum absolute atomic E-state index is 4.98. The molecule has 1 aromatic carbocycles. The van der Waals surface area contributed by atoms with Gasteiger partial charge in [0.25, 0.3) is 0 Å². The summed E-state index contributed by atoms with van der Waals surface area (Å²) in [4.78, 5) is 0. The van der Waals surface area contributed by atoms with Gasteiger partial charge in [-0.1, -0.05) is 24.8 Å². The molecule has 0 bridgehead atoms. The first-order valence-electron chi connectivity index (χ1n) is 3.13. The molecule has 1 radical (unpaired) electrons. The molecule has 2 heteroatoms. The second-order valence-corrected chi connectivity index (χ2v) is 1.98. The number of hydrogen-bond donors (Lipinski definition) is 0. The van der Waals surface area contributed by atoms with Gasteiger partial charge in [0.05, 0.1) is 7.11 Å². The Kier molecular flexibility index (Phi) is 5.30. The van der Waals surface area contributed by atoms with Crippen LogP contribution in [0.3, 0.4) is 0 Å². The largest absolute Gasteiger partial charge is 0.497 e. The fourth-order valence-electron chi connectivity index (χ4n) is 0.740. The summed E-state index contributed by atoms with van der Waals surface area (Å²) in [5.74, 6) is 0.880. The van der Waals surface area contributed by atoms with Gasteiger partial charge in [-0.05, 0) is 17.7 Å². The van der Waals surface area contributed by atoms with Gasteiger partial charge in [0.15, 0.2) is 0 Å². The van der Waals surface area contributed by atoms with Crippen LogP contribution < -0.4 is 4.74 Å². The first-order valence-corrected chi connectivity index (χ1v) is 3.13. The minimum Gasteiger partial charge on any atom is -0.497 e. The molecule has 11 heavy (non-hydrogen) atoms. The van der Waals surface area contributed by atoms with Crippen LogP contribution in [0.1, 0.15) is 5.56 Å². The van der Waals surface area contributed by atoms with Crippen LogP contribution in [-0.2, 0) is 0 Å². The van der Waals surface area contributed by atoms with E-state index in [9.17, 15) is 0 Å². The molecule has 1 nitrogen and oxygen atoms in total. The van der Waals surface area contributed by atoms with E-state index in [-0.39, 0.29) is 29.6 Å². The molecule has 0 saturated heterocycles. The molecule has 0 aliphatic heterocycles. The van der Waals surface area contributed by atoms with Crippen LogP contribution in [0.25, 0.3) is 6.08 Å². The minimum absolute atomic E-state index is 0. The SMILES string of the molecule is C=Cc1ccc(OC)cc1.[Na]. The first kappa shape index (κ1) is 10.8. The molecule has 0 atom stereocenters. The number of rotatable bonds is 2. The van der Waals surface area contributed by atoms with Crippen LogP contribution in [0, 0.1) is 0 Å². The summed E-state index contributed by atoms with van der Waals surface area (Å²) in [6, 6.07) is 7.76. The maximum Gasteiger partial charge on any atom is 0.118 e. The molecule has 0 aliphatic rings. The van der Waals surface area contributed by atoms with Crippen LogP contribution in [0.2, 0.25) is 0 Å². The maximum atomic E-state index is 4.98. The molecule has 0 unspecified atom stereocenters. The Balaban J connectivity index is 0.000001000. The molecule has 53 valence electrons. The molecule has 0 aliphatic carbocycles. The van der Waals surface area contributed by atoms with Gasteiger partial charge in [-0.2, -0.15) is 0 Å². The fourth-order valence-corrected chi connectivity index (χ4v) is 0.740. The zero-order valence-electron chi connectivity index (χ0n) is 7.00. The van der Waals surface area contributed by atoms with Crippen LogP contribution in [0.4, 0.5) is 0 Å². The minimum atomic E-state index is 0. The third-order valence-electron chi connectivity index (χ3n) is 1.35. The topological polar surface area (TPSA) is 9.23 Å². The van der Waals surface area contributed by atoms with Crippen molar-refractivity contribution in [1.29, 1.82) is 0 Å². The normalized spacial score (nSPS) is 8.09. The van der Waals surface area contributed by atoms with Crippen molar-refractivity contribution >= 4 is 35.6 Å². The fraction of sp³-hybridized carbons (Fsp3) is 0.111. The molecule has 0 heterocycles. The third-order valence-corrected chi connectivity index (χ3v) is 1.35. The number of benzene rings is 1. The standard InChI is InChI=1S/C9H10O.Na/c1-3-8-4-6-9(10-2)7-5-8;/h3-7H,1H2,2H3;. The van der Waals surface area contributed by atoms with Gasteiger partial charge in [0.2, 0.25) is 0 Å². The Morgan fingerprint density at radius 2 is 1.82 bits per heavy atom. The van der Waals surface area contributed by atoms with Gasteiger partial charge in [0, 0.05) is 29.6 Å². The third kappa shape index (κ3) is 3.10. The summed E-state index contributed by atoms with van der Waals surface area (Å²) < 4.78 is 4.98. The summed E-state index contributed by atoms with van der Waals surface area (Å²) in [7, 11) is 1.66. The molecule has 1 rings (SSSR count). The van der Waals surface area contributed by atoms with Crippen molar-refractivity contribution in [2.45, 2.75) is 0 Å². The predicted molar refractivity (Wildman–Crippen MR) is 48.8 cm³/mol. The Morgan fingerprint density at radius 1 is 1.27 bits per heavy atom. The molecule has 0 saturated carbocycles. The van der Waals surface area contributed by atoms with Crippen LogP contribution >= 0.6 is 0 Å². The molecular weight excluding hydrogens is 147 g/mol. The molecular formula is C9H10NaO. The Hall–Kier alpha value is -0.240.